The van der Waals surface area contributed by atoms with Crippen molar-refractivity contribution in [1.82, 2.24) is 15.5 Å². The standard InChI is InChI=1S/C9H14N4O/c14-9(5-7-1-3-10-6-7)12-8-2-4-11-13-8/h2,4,7,10H,1,3,5-6H2,(H2,11,12,13,14)/t7-/m0/s1. The molecule has 1 aliphatic heterocycles. The molecule has 5 nitrogen and oxygen atoms in total. The number of hydrogen-bond acceptors (Lipinski definition) is 3. The molecule has 0 aromatic carbocycles. The zero-order valence-electron chi connectivity index (χ0n) is 7.92. The van der Waals surface area contributed by atoms with Crippen molar-refractivity contribution in [2.24, 2.45) is 5.92 Å². The molecule has 1 amide bonds. The van der Waals surface area contributed by atoms with Gasteiger partial charge >= 0.3 is 0 Å². The van der Waals surface area contributed by atoms with Crippen LogP contribution < -0.4 is 10.6 Å². The molecule has 2 rings (SSSR count). The maximum absolute atomic E-state index is 11.5. The van der Waals surface area contributed by atoms with E-state index in [9.17, 15) is 4.79 Å². The van der Waals surface area contributed by atoms with E-state index in [1.807, 2.05) is 0 Å². The number of aromatic nitrogens is 2. The third-order valence-corrected chi connectivity index (χ3v) is 2.41. The molecular weight excluding hydrogens is 180 g/mol. The van der Waals surface area contributed by atoms with E-state index in [0.29, 0.717) is 18.2 Å². The average molecular weight is 194 g/mol. The lowest BCUT2D eigenvalue weighted by atomic mass is 10.0. The van der Waals surface area contributed by atoms with Gasteiger partial charge in [-0.1, -0.05) is 0 Å². The second kappa shape index (κ2) is 4.23. The quantitative estimate of drug-likeness (QED) is 0.650. The summed E-state index contributed by atoms with van der Waals surface area (Å²) >= 11 is 0. The van der Waals surface area contributed by atoms with Crippen LogP contribution in [-0.4, -0.2) is 29.2 Å². The van der Waals surface area contributed by atoms with E-state index in [2.05, 4.69) is 20.8 Å². The second-order valence-corrected chi connectivity index (χ2v) is 3.58. The first kappa shape index (κ1) is 9.21. The molecule has 3 N–H and O–H groups in total. The normalized spacial score (nSPS) is 21.0. The molecule has 1 atom stereocenters. The van der Waals surface area contributed by atoms with Crippen molar-refractivity contribution < 1.29 is 4.79 Å². The molecule has 1 saturated heterocycles. The van der Waals surface area contributed by atoms with Crippen molar-refractivity contribution in [1.29, 1.82) is 0 Å². The molecule has 76 valence electrons. The van der Waals surface area contributed by atoms with Gasteiger partial charge in [0, 0.05) is 12.5 Å². The number of aromatic amines is 1. The molecule has 0 spiro atoms. The third-order valence-electron chi connectivity index (χ3n) is 2.41. The molecule has 14 heavy (non-hydrogen) atoms. The van der Waals surface area contributed by atoms with E-state index in [0.717, 1.165) is 19.5 Å². The third kappa shape index (κ3) is 2.32. The minimum absolute atomic E-state index is 0.0583. The Morgan fingerprint density at radius 3 is 3.29 bits per heavy atom. The highest BCUT2D eigenvalue weighted by Gasteiger charge is 2.17. The Labute approximate surface area is 82.3 Å². The Morgan fingerprint density at radius 1 is 1.71 bits per heavy atom. The minimum atomic E-state index is 0.0583. The number of nitrogens with zero attached hydrogens (tertiary/aromatic N) is 1. The van der Waals surface area contributed by atoms with Gasteiger partial charge in [-0.2, -0.15) is 5.10 Å². The van der Waals surface area contributed by atoms with E-state index in [1.165, 1.54) is 0 Å². The van der Waals surface area contributed by atoms with E-state index in [-0.39, 0.29) is 5.91 Å². The minimum Gasteiger partial charge on any atom is -0.316 e. The largest absolute Gasteiger partial charge is 0.316 e. The van der Waals surface area contributed by atoms with Gasteiger partial charge in [-0.3, -0.25) is 9.89 Å². The molecule has 0 radical (unpaired) electrons. The molecule has 2 heterocycles. The first-order chi connectivity index (χ1) is 6.84. The lowest BCUT2D eigenvalue weighted by molar-refractivity contribution is -0.117. The van der Waals surface area contributed by atoms with Gasteiger partial charge in [0.15, 0.2) is 0 Å². The number of anilines is 1. The monoisotopic (exact) mass is 194 g/mol. The van der Waals surface area contributed by atoms with Crippen LogP contribution in [0.25, 0.3) is 0 Å². The molecule has 1 aromatic heterocycles. The van der Waals surface area contributed by atoms with Crippen LogP contribution >= 0.6 is 0 Å². The highest BCUT2D eigenvalue weighted by molar-refractivity contribution is 5.89. The Bertz CT molecular complexity index is 290. The van der Waals surface area contributed by atoms with Gasteiger partial charge in [-0.15, -0.1) is 0 Å². The van der Waals surface area contributed by atoms with Crippen LogP contribution in [0, 0.1) is 5.92 Å². The van der Waals surface area contributed by atoms with Crippen LogP contribution in [-0.2, 0) is 4.79 Å². The zero-order chi connectivity index (χ0) is 9.80. The highest BCUT2D eigenvalue weighted by atomic mass is 16.1. The number of H-pyrrole nitrogens is 1. The molecule has 0 saturated carbocycles. The number of amides is 1. The van der Waals surface area contributed by atoms with Crippen LogP contribution in [0.5, 0.6) is 0 Å². The maximum atomic E-state index is 11.5. The Hall–Kier alpha value is -1.36. The molecular formula is C9H14N4O. The lowest BCUT2D eigenvalue weighted by Crippen LogP contribution is -2.18. The van der Waals surface area contributed by atoms with Crippen molar-refractivity contribution in [3.8, 4) is 0 Å². The lowest BCUT2D eigenvalue weighted by Gasteiger charge is -2.07. The average Bonchev–Trinajstić information content (AvgIpc) is 2.76. The number of nitrogens with one attached hydrogen (secondary N) is 3. The van der Waals surface area contributed by atoms with E-state index in [1.54, 1.807) is 12.3 Å². The predicted molar refractivity (Wildman–Crippen MR) is 52.8 cm³/mol. The Kier molecular flexibility index (Phi) is 2.78. The number of rotatable bonds is 3. The predicted octanol–water partition coefficient (Wildman–Crippen LogP) is 0.348. The molecule has 1 aromatic rings. The second-order valence-electron chi connectivity index (χ2n) is 3.58. The molecule has 1 aliphatic rings. The summed E-state index contributed by atoms with van der Waals surface area (Å²) in [4.78, 5) is 11.5. The maximum Gasteiger partial charge on any atom is 0.225 e. The van der Waals surface area contributed by atoms with Gasteiger partial charge in [-0.05, 0) is 25.4 Å². The van der Waals surface area contributed by atoms with E-state index < -0.39 is 0 Å². The van der Waals surface area contributed by atoms with Crippen LogP contribution in [0.15, 0.2) is 12.3 Å². The SMILES string of the molecule is O=C(C[C@@H]1CCNC1)Nc1ccn[nH]1. The summed E-state index contributed by atoms with van der Waals surface area (Å²) in [5, 5.41) is 12.5. The number of carbonyl (C=O) groups excluding carboxylic acids is 1. The summed E-state index contributed by atoms with van der Waals surface area (Å²) in [6.07, 6.45) is 3.30. The van der Waals surface area contributed by atoms with Crippen LogP contribution in [0.3, 0.4) is 0 Å². The van der Waals surface area contributed by atoms with Crippen molar-refractivity contribution in [3.63, 3.8) is 0 Å². The fourth-order valence-corrected chi connectivity index (χ4v) is 1.68. The Morgan fingerprint density at radius 2 is 2.64 bits per heavy atom. The van der Waals surface area contributed by atoms with Crippen molar-refractivity contribution in [2.75, 3.05) is 18.4 Å². The summed E-state index contributed by atoms with van der Waals surface area (Å²) in [5.74, 6) is 1.21. The van der Waals surface area contributed by atoms with Crippen molar-refractivity contribution >= 4 is 11.7 Å². The number of carbonyl (C=O) groups is 1. The van der Waals surface area contributed by atoms with E-state index in [4.69, 9.17) is 0 Å². The van der Waals surface area contributed by atoms with Gasteiger partial charge in [0.05, 0.1) is 6.20 Å². The summed E-state index contributed by atoms with van der Waals surface area (Å²) in [6.45, 7) is 1.98. The topological polar surface area (TPSA) is 69.8 Å². The van der Waals surface area contributed by atoms with Gasteiger partial charge in [0.2, 0.25) is 5.91 Å². The fraction of sp³-hybridized carbons (Fsp3) is 0.556. The van der Waals surface area contributed by atoms with E-state index >= 15 is 0 Å². The summed E-state index contributed by atoms with van der Waals surface area (Å²) in [7, 11) is 0. The molecule has 0 aliphatic carbocycles. The summed E-state index contributed by atoms with van der Waals surface area (Å²) in [6, 6.07) is 1.74. The number of hydrogen-bond donors (Lipinski definition) is 3. The van der Waals surface area contributed by atoms with Gasteiger partial charge in [0.25, 0.3) is 0 Å². The summed E-state index contributed by atoms with van der Waals surface area (Å²) < 4.78 is 0. The highest BCUT2D eigenvalue weighted by Crippen LogP contribution is 2.13. The molecule has 1 fully saturated rings. The van der Waals surface area contributed by atoms with Crippen molar-refractivity contribution in [2.45, 2.75) is 12.8 Å². The smallest absolute Gasteiger partial charge is 0.225 e. The summed E-state index contributed by atoms with van der Waals surface area (Å²) in [5.41, 5.74) is 0. The first-order valence-electron chi connectivity index (χ1n) is 4.84. The molecule has 0 bridgehead atoms. The Balaban J connectivity index is 1.78. The fourth-order valence-electron chi connectivity index (χ4n) is 1.68. The van der Waals surface area contributed by atoms with Gasteiger partial charge in [-0.25, -0.2) is 0 Å². The van der Waals surface area contributed by atoms with Gasteiger partial charge < -0.3 is 10.6 Å². The first-order valence-corrected chi connectivity index (χ1v) is 4.84. The zero-order valence-corrected chi connectivity index (χ0v) is 7.92. The van der Waals surface area contributed by atoms with Crippen LogP contribution in [0.2, 0.25) is 0 Å². The molecule has 0 unspecified atom stereocenters. The molecule has 5 heteroatoms. The van der Waals surface area contributed by atoms with Crippen LogP contribution in [0.4, 0.5) is 5.82 Å². The van der Waals surface area contributed by atoms with Crippen LogP contribution in [0.1, 0.15) is 12.8 Å². The van der Waals surface area contributed by atoms with Gasteiger partial charge in [0.1, 0.15) is 5.82 Å². The van der Waals surface area contributed by atoms with Crippen molar-refractivity contribution in [3.05, 3.63) is 12.3 Å².